The minimum absolute atomic E-state index is 0.132. The minimum Gasteiger partial charge on any atom is -0.481 e. The molecule has 1 aliphatic rings. The molecule has 0 bridgehead atoms. The topological polar surface area (TPSA) is 69.6 Å². The lowest BCUT2D eigenvalue weighted by atomic mass is 9.96. The smallest absolute Gasteiger partial charge is 0.394 e. The molecule has 5 nitrogen and oxygen atoms in total. The van der Waals surface area contributed by atoms with Gasteiger partial charge in [-0.3, -0.25) is 4.79 Å². The van der Waals surface area contributed by atoms with Gasteiger partial charge in [0, 0.05) is 13.1 Å². The van der Waals surface area contributed by atoms with Crippen molar-refractivity contribution in [3.05, 3.63) is 29.1 Å². The van der Waals surface area contributed by atoms with Crippen molar-refractivity contribution in [2.75, 3.05) is 18.4 Å². The number of urea groups is 1. The second-order valence-electron chi connectivity index (χ2n) is 5.87. The van der Waals surface area contributed by atoms with E-state index < -0.39 is 48.9 Å². The highest BCUT2D eigenvalue weighted by atomic mass is 19.4. The summed E-state index contributed by atoms with van der Waals surface area (Å²) in [6, 6.07) is 1.84. The summed E-state index contributed by atoms with van der Waals surface area (Å²) in [4.78, 5) is 23.9. The Labute approximate surface area is 135 Å². The standard InChI is InChI=1S/C15H16F4N2O3/c1-7-3-8(2)12(11(16)4-7)20-14(24)21-5-9(13(22)23)10(6-21)15(17,18)19/h3-4,9-10H,5-6H2,1-2H3,(H,20,24)(H,22,23)/t9-,10-/m1/s1. The molecule has 0 aliphatic carbocycles. The molecule has 1 aliphatic heterocycles. The van der Waals surface area contributed by atoms with E-state index in [4.69, 9.17) is 5.11 Å². The maximum atomic E-state index is 13.9. The summed E-state index contributed by atoms with van der Waals surface area (Å²) in [5.41, 5.74) is 0.919. The van der Waals surface area contributed by atoms with Gasteiger partial charge in [-0.05, 0) is 31.0 Å². The van der Waals surface area contributed by atoms with Crippen LogP contribution in [0.15, 0.2) is 12.1 Å². The molecule has 132 valence electrons. The number of amides is 2. The highest BCUT2D eigenvalue weighted by molar-refractivity contribution is 5.91. The lowest BCUT2D eigenvalue weighted by molar-refractivity contribution is -0.187. The van der Waals surface area contributed by atoms with Crippen LogP contribution in [-0.2, 0) is 4.79 Å². The zero-order chi connectivity index (χ0) is 18.2. The van der Waals surface area contributed by atoms with Crippen molar-refractivity contribution in [1.82, 2.24) is 4.90 Å². The second kappa shape index (κ2) is 6.29. The zero-order valence-corrected chi connectivity index (χ0v) is 12.9. The molecule has 9 heteroatoms. The normalized spacial score (nSPS) is 21.0. The molecular formula is C15H16F4N2O3. The first-order chi connectivity index (χ1) is 11.0. The van der Waals surface area contributed by atoms with Crippen molar-refractivity contribution in [3.8, 4) is 0 Å². The van der Waals surface area contributed by atoms with E-state index in [1.54, 1.807) is 19.9 Å². The van der Waals surface area contributed by atoms with Crippen LogP contribution < -0.4 is 5.32 Å². The van der Waals surface area contributed by atoms with Crippen molar-refractivity contribution in [2.45, 2.75) is 20.0 Å². The van der Waals surface area contributed by atoms with Gasteiger partial charge in [-0.15, -0.1) is 0 Å². The summed E-state index contributed by atoms with van der Waals surface area (Å²) in [5.74, 6) is -6.21. The number of carbonyl (C=O) groups is 2. The maximum Gasteiger partial charge on any atom is 0.394 e. The van der Waals surface area contributed by atoms with E-state index in [0.29, 0.717) is 11.1 Å². The Kier molecular flexibility index (Phi) is 4.73. The monoisotopic (exact) mass is 348 g/mol. The number of hydrogen-bond donors (Lipinski definition) is 2. The molecule has 2 amide bonds. The number of halogens is 4. The highest BCUT2D eigenvalue weighted by Gasteiger charge is 2.53. The molecule has 2 N–H and O–H groups in total. The first-order valence-electron chi connectivity index (χ1n) is 7.13. The number of nitrogens with one attached hydrogen (secondary N) is 1. The van der Waals surface area contributed by atoms with Crippen molar-refractivity contribution >= 4 is 17.7 Å². The number of benzene rings is 1. The summed E-state index contributed by atoms with van der Waals surface area (Å²) in [5, 5.41) is 11.2. The van der Waals surface area contributed by atoms with Gasteiger partial charge in [0.2, 0.25) is 0 Å². The number of hydrogen-bond acceptors (Lipinski definition) is 2. The molecule has 1 heterocycles. The Bertz CT molecular complexity index is 652. The molecule has 1 saturated heterocycles. The summed E-state index contributed by atoms with van der Waals surface area (Å²) in [6.07, 6.45) is -4.73. The SMILES string of the molecule is Cc1cc(C)c(NC(=O)N2C[C@@H](C(F)(F)F)[C@H](C(=O)O)C2)c(F)c1. The number of anilines is 1. The van der Waals surface area contributed by atoms with Crippen LogP contribution in [-0.4, -0.2) is 41.3 Å². The highest BCUT2D eigenvalue weighted by Crippen LogP contribution is 2.38. The van der Waals surface area contributed by atoms with Crippen LogP contribution in [0.1, 0.15) is 11.1 Å². The lowest BCUT2D eigenvalue weighted by Crippen LogP contribution is -2.35. The van der Waals surface area contributed by atoms with Crippen LogP contribution in [0.25, 0.3) is 0 Å². The summed E-state index contributed by atoms with van der Waals surface area (Å²) in [7, 11) is 0. The van der Waals surface area contributed by atoms with E-state index >= 15 is 0 Å². The third-order valence-corrected chi connectivity index (χ3v) is 4.01. The van der Waals surface area contributed by atoms with Crippen LogP contribution in [0.4, 0.5) is 28.0 Å². The summed E-state index contributed by atoms with van der Waals surface area (Å²) >= 11 is 0. The number of nitrogens with zero attached hydrogens (tertiary/aromatic N) is 1. The predicted octanol–water partition coefficient (Wildman–Crippen LogP) is 3.17. The second-order valence-corrected chi connectivity index (χ2v) is 5.87. The van der Waals surface area contributed by atoms with Crippen molar-refractivity contribution in [2.24, 2.45) is 11.8 Å². The van der Waals surface area contributed by atoms with Crippen LogP contribution in [0.5, 0.6) is 0 Å². The van der Waals surface area contributed by atoms with E-state index in [9.17, 15) is 27.2 Å². The van der Waals surface area contributed by atoms with Gasteiger partial charge in [-0.1, -0.05) is 6.07 Å². The predicted molar refractivity (Wildman–Crippen MR) is 77.1 cm³/mol. The van der Waals surface area contributed by atoms with Gasteiger partial charge >= 0.3 is 18.2 Å². The number of aliphatic carboxylic acids is 1. The fraction of sp³-hybridized carbons (Fsp3) is 0.467. The van der Waals surface area contributed by atoms with E-state index in [1.807, 2.05) is 0 Å². The molecule has 0 spiro atoms. The number of alkyl halides is 3. The van der Waals surface area contributed by atoms with Crippen molar-refractivity contribution < 1.29 is 32.3 Å². The third kappa shape index (κ3) is 3.60. The Morgan fingerprint density at radius 3 is 2.33 bits per heavy atom. The zero-order valence-electron chi connectivity index (χ0n) is 12.9. The molecule has 2 atom stereocenters. The Hall–Kier alpha value is -2.32. The minimum atomic E-state index is -4.73. The molecular weight excluding hydrogens is 332 g/mol. The molecule has 1 aromatic carbocycles. The first kappa shape index (κ1) is 18.0. The number of carboxylic acid groups (broad SMARTS) is 1. The van der Waals surface area contributed by atoms with Gasteiger partial charge in [-0.25, -0.2) is 9.18 Å². The average Bonchev–Trinajstić information content (AvgIpc) is 2.88. The number of rotatable bonds is 2. The van der Waals surface area contributed by atoms with Crippen LogP contribution >= 0.6 is 0 Å². The Morgan fingerprint density at radius 2 is 1.88 bits per heavy atom. The quantitative estimate of drug-likeness (QED) is 0.807. The molecule has 0 radical (unpaired) electrons. The molecule has 1 aromatic rings. The molecule has 24 heavy (non-hydrogen) atoms. The number of carboxylic acids is 1. The van der Waals surface area contributed by atoms with E-state index in [2.05, 4.69) is 5.32 Å². The van der Waals surface area contributed by atoms with Crippen LogP contribution in [0, 0.1) is 31.5 Å². The first-order valence-corrected chi connectivity index (χ1v) is 7.13. The average molecular weight is 348 g/mol. The molecule has 2 rings (SSSR count). The largest absolute Gasteiger partial charge is 0.481 e. The van der Waals surface area contributed by atoms with Crippen molar-refractivity contribution in [3.63, 3.8) is 0 Å². The molecule has 0 saturated carbocycles. The third-order valence-electron chi connectivity index (χ3n) is 4.01. The van der Waals surface area contributed by atoms with Gasteiger partial charge in [-0.2, -0.15) is 13.2 Å². The van der Waals surface area contributed by atoms with Gasteiger partial charge < -0.3 is 15.3 Å². The number of carbonyl (C=O) groups excluding carboxylic acids is 1. The van der Waals surface area contributed by atoms with E-state index in [1.165, 1.54) is 6.07 Å². The van der Waals surface area contributed by atoms with Gasteiger partial charge in [0.1, 0.15) is 5.82 Å². The Balaban J connectivity index is 2.18. The van der Waals surface area contributed by atoms with Gasteiger partial charge in [0.25, 0.3) is 0 Å². The summed E-state index contributed by atoms with van der Waals surface area (Å²) < 4.78 is 52.7. The van der Waals surface area contributed by atoms with Gasteiger partial charge in [0.05, 0.1) is 17.5 Å². The van der Waals surface area contributed by atoms with Crippen molar-refractivity contribution in [1.29, 1.82) is 0 Å². The van der Waals surface area contributed by atoms with E-state index in [0.717, 1.165) is 4.90 Å². The van der Waals surface area contributed by atoms with E-state index in [-0.39, 0.29) is 5.69 Å². The fourth-order valence-electron chi connectivity index (χ4n) is 2.81. The maximum absolute atomic E-state index is 13.9. The lowest BCUT2D eigenvalue weighted by Gasteiger charge is -2.19. The Morgan fingerprint density at radius 1 is 1.25 bits per heavy atom. The molecule has 0 aromatic heterocycles. The van der Waals surface area contributed by atoms with Crippen LogP contribution in [0.3, 0.4) is 0 Å². The fourth-order valence-corrected chi connectivity index (χ4v) is 2.81. The number of aryl methyl sites for hydroxylation is 2. The molecule has 1 fully saturated rings. The van der Waals surface area contributed by atoms with Crippen LogP contribution in [0.2, 0.25) is 0 Å². The van der Waals surface area contributed by atoms with Gasteiger partial charge in [0.15, 0.2) is 0 Å². The summed E-state index contributed by atoms with van der Waals surface area (Å²) in [6.45, 7) is 1.85. The number of likely N-dealkylation sites (tertiary alicyclic amines) is 1. The molecule has 0 unspecified atom stereocenters.